The lowest BCUT2D eigenvalue weighted by Gasteiger charge is -2.32. The average Bonchev–Trinajstić information content (AvgIpc) is 1.99. The second-order valence-corrected chi connectivity index (χ2v) is 17.3. The van der Waals surface area contributed by atoms with Gasteiger partial charge in [0.2, 0.25) is 0 Å². The molecular formula is C12H25NSi2. The fourth-order valence-electron chi connectivity index (χ4n) is 1.86. The van der Waals surface area contributed by atoms with Gasteiger partial charge in [-0.1, -0.05) is 50.6 Å². The minimum Gasteiger partial charge on any atom is -0.402 e. The summed E-state index contributed by atoms with van der Waals surface area (Å²) in [6.07, 6.45) is 5.86. The summed E-state index contributed by atoms with van der Waals surface area (Å²) in [6.45, 7) is 14.5. The Hall–Kier alpha value is -0.286. The van der Waals surface area contributed by atoms with Gasteiger partial charge >= 0.3 is 0 Å². The molecule has 0 radical (unpaired) electrons. The molecule has 0 heterocycles. The lowest BCUT2D eigenvalue weighted by atomic mass is 10.1. The van der Waals surface area contributed by atoms with Crippen molar-refractivity contribution in [2.75, 3.05) is 0 Å². The second-order valence-electron chi connectivity index (χ2n) is 6.77. The van der Waals surface area contributed by atoms with E-state index in [1.54, 1.807) is 5.20 Å². The van der Waals surface area contributed by atoms with E-state index in [0.29, 0.717) is 0 Å². The summed E-state index contributed by atoms with van der Waals surface area (Å²) in [6, 6.07) is 0. The maximum Gasteiger partial charge on any atom is 0.0772 e. The van der Waals surface area contributed by atoms with Gasteiger partial charge in [0, 0.05) is 5.70 Å². The molecule has 1 aliphatic rings. The SMILES string of the molecule is C[Si](C)(C)C1=CC([Si](C)(C)C)CC(N)=C1. The van der Waals surface area contributed by atoms with Crippen LogP contribution < -0.4 is 5.73 Å². The molecule has 3 heteroatoms. The molecule has 0 saturated heterocycles. The van der Waals surface area contributed by atoms with Crippen molar-refractivity contribution >= 4 is 16.1 Å². The van der Waals surface area contributed by atoms with Crippen molar-refractivity contribution in [3.05, 3.63) is 23.0 Å². The molecule has 2 N–H and O–H groups in total. The van der Waals surface area contributed by atoms with Crippen LogP contribution in [0.25, 0.3) is 0 Å². The van der Waals surface area contributed by atoms with Gasteiger partial charge in [-0.3, -0.25) is 0 Å². The standard InChI is InChI=1S/C12H25NSi2/c1-14(2,3)11-7-10(13)8-12(9-11)15(4,5)6/h7,9,12H,8,13H2,1-6H3. The zero-order valence-corrected chi connectivity index (χ0v) is 13.0. The van der Waals surface area contributed by atoms with Gasteiger partial charge in [0.15, 0.2) is 0 Å². The van der Waals surface area contributed by atoms with Crippen LogP contribution in [0.15, 0.2) is 23.0 Å². The molecule has 0 aromatic carbocycles. The van der Waals surface area contributed by atoms with Crippen molar-refractivity contribution in [3.63, 3.8) is 0 Å². The number of nitrogens with two attached hydrogens (primary N) is 1. The van der Waals surface area contributed by atoms with Gasteiger partial charge in [-0.05, 0) is 18.0 Å². The highest BCUT2D eigenvalue weighted by Gasteiger charge is 2.30. The molecule has 1 nitrogen and oxygen atoms in total. The Balaban J connectivity index is 3.02. The second kappa shape index (κ2) is 3.94. The topological polar surface area (TPSA) is 26.0 Å². The predicted molar refractivity (Wildman–Crippen MR) is 75.4 cm³/mol. The number of rotatable bonds is 2. The highest BCUT2D eigenvalue weighted by molar-refractivity contribution is 6.84. The van der Waals surface area contributed by atoms with Crippen LogP contribution in [0.2, 0.25) is 44.8 Å². The highest BCUT2D eigenvalue weighted by Crippen LogP contribution is 2.36. The third-order valence-corrected chi connectivity index (χ3v) is 7.79. The van der Waals surface area contributed by atoms with Crippen LogP contribution >= 0.6 is 0 Å². The molecule has 0 spiro atoms. The number of allylic oxidation sites excluding steroid dienone is 4. The molecular weight excluding hydrogens is 214 g/mol. The Morgan fingerprint density at radius 2 is 1.67 bits per heavy atom. The molecule has 1 aliphatic carbocycles. The van der Waals surface area contributed by atoms with Crippen molar-refractivity contribution in [2.45, 2.75) is 51.2 Å². The Kier molecular flexibility index (Phi) is 3.36. The molecule has 0 aromatic rings. The van der Waals surface area contributed by atoms with Crippen LogP contribution in [0.4, 0.5) is 0 Å². The summed E-state index contributed by atoms with van der Waals surface area (Å²) < 4.78 is 0. The molecule has 0 aromatic heterocycles. The summed E-state index contributed by atoms with van der Waals surface area (Å²) in [5.74, 6) is 0. The first-order chi connectivity index (χ1) is 6.60. The molecule has 0 amide bonds. The van der Waals surface area contributed by atoms with E-state index in [0.717, 1.165) is 17.7 Å². The van der Waals surface area contributed by atoms with Gasteiger partial charge in [-0.15, -0.1) is 0 Å². The van der Waals surface area contributed by atoms with Crippen molar-refractivity contribution in [1.29, 1.82) is 0 Å². The highest BCUT2D eigenvalue weighted by atomic mass is 28.3. The van der Waals surface area contributed by atoms with Crippen LogP contribution in [0.3, 0.4) is 0 Å². The van der Waals surface area contributed by atoms with E-state index in [2.05, 4.69) is 51.4 Å². The first kappa shape index (κ1) is 12.8. The maximum absolute atomic E-state index is 6.07. The summed E-state index contributed by atoms with van der Waals surface area (Å²) >= 11 is 0. The molecule has 0 bridgehead atoms. The summed E-state index contributed by atoms with van der Waals surface area (Å²) in [4.78, 5) is 0. The predicted octanol–water partition coefficient (Wildman–Crippen LogP) is 3.74. The van der Waals surface area contributed by atoms with E-state index in [1.165, 1.54) is 0 Å². The van der Waals surface area contributed by atoms with E-state index in [9.17, 15) is 0 Å². The van der Waals surface area contributed by atoms with Crippen LogP contribution in [0.5, 0.6) is 0 Å². The van der Waals surface area contributed by atoms with Crippen molar-refractivity contribution < 1.29 is 0 Å². The third kappa shape index (κ3) is 3.35. The summed E-state index contributed by atoms with van der Waals surface area (Å²) in [5.41, 5.74) is 7.91. The first-order valence-electron chi connectivity index (χ1n) is 5.79. The summed E-state index contributed by atoms with van der Waals surface area (Å²) in [7, 11) is -2.29. The normalized spacial score (nSPS) is 23.5. The Morgan fingerprint density at radius 3 is 2.07 bits per heavy atom. The molecule has 1 rings (SSSR count). The van der Waals surface area contributed by atoms with E-state index in [1.807, 2.05) is 0 Å². The molecule has 0 fully saturated rings. The Labute approximate surface area is 96.5 Å². The van der Waals surface area contributed by atoms with Crippen molar-refractivity contribution in [3.8, 4) is 0 Å². The minimum atomic E-state index is -1.19. The summed E-state index contributed by atoms with van der Waals surface area (Å²) in [5, 5.41) is 1.55. The Morgan fingerprint density at radius 1 is 1.13 bits per heavy atom. The fraction of sp³-hybridized carbons (Fsp3) is 0.667. The molecule has 86 valence electrons. The van der Waals surface area contributed by atoms with E-state index in [-0.39, 0.29) is 0 Å². The van der Waals surface area contributed by atoms with Gasteiger partial charge in [0.1, 0.15) is 0 Å². The van der Waals surface area contributed by atoms with Gasteiger partial charge in [-0.2, -0.15) is 0 Å². The quantitative estimate of drug-likeness (QED) is 0.730. The van der Waals surface area contributed by atoms with E-state index < -0.39 is 16.1 Å². The maximum atomic E-state index is 6.07. The number of hydrogen-bond acceptors (Lipinski definition) is 1. The largest absolute Gasteiger partial charge is 0.402 e. The minimum absolute atomic E-state index is 0.740. The van der Waals surface area contributed by atoms with Gasteiger partial charge in [0.05, 0.1) is 16.1 Å². The third-order valence-electron chi connectivity index (χ3n) is 3.16. The monoisotopic (exact) mass is 239 g/mol. The number of hydrogen-bond donors (Lipinski definition) is 1. The van der Waals surface area contributed by atoms with Crippen LogP contribution in [-0.4, -0.2) is 16.1 Å². The molecule has 1 unspecified atom stereocenters. The smallest absolute Gasteiger partial charge is 0.0772 e. The Bertz CT molecular complexity index is 303. The van der Waals surface area contributed by atoms with Crippen LogP contribution in [-0.2, 0) is 0 Å². The lowest BCUT2D eigenvalue weighted by molar-refractivity contribution is 0.899. The lowest BCUT2D eigenvalue weighted by Crippen LogP contribution is -2.33. The van der Waals surface area contributed by atoms with E-state index in [4.69, 9.17) is 5.73 Å². The average molecular weight is 240 g/mol. The van der Waals surface area contributed by atoms with Gasteiger partial charge in [0.25, 0.3) is 0 Å². The van der Waals surface area contributed by atoms with Crippen molar-refractivity contribution in [2.24, 2.45) is 5.73 Å². The van der Waals surface area contributed by atoms with E-state index >= 15 is 0 Å². The fourth-order valence-corrected chi connectivity index (χ4v) is 4.87. The van der Waals surface area contributed by atoms with Crippen molar-refractivity contribution in [1.82, 2.24) is 0 Å². The van der Waals surface area contributed by atoms with Gasteiger partial charge in [-0.25, -0.2) is 0 Å². The zero-order chi connectivity index (χ0) is 11.9. The van der Waals surface area contributed by atoms with Crippen LogP contribution in [0.1, 0.15) is 6.42 Å². The molecule has 0 saturated carbocycles. The zero-order valence-electron chi connectivity index (χ0n) is 11.0. The molecule has 0 aliphatic heterocycles. The van der Waals surface area contributed by atoms with Crippen LogP contribution in [0, 0.1) is 0 Å². The van der Waals surface area contributed by atoms with Gasteiger partial charge < -0.3 is 5.73 Å². The molecule has 1 atom stereocenters. The first-order valence-corrected chi connectivity index (χ1v) is 12.9. The molecule has 15 heavy (non-hydrogen) atoms.